The van der Waals surface area contributed by atoms with Gasteiger partial charge in [0, 0.05) is 32.6 Å². The summed E-state index contributed by atoms with van der Waals surface area (Å²) in [5, 5.41) is 7.74. The molecule has 0 unspecified atom stereocenters. The molecule has 3 heterocycles. The smallest absolute Gasteiger partial charge is 0.248 e. The van der Waals surface area contributed by atoms with Crippen molar-refractivity contribution in [1.29, 1.82) is 0 Å². The Kier molecular flexibility index (Phi) is 5.73. The highest BCUT2D eigenvalue weighted by molar-refractivity contribution is 7.89. The first-order valence-electron chi connectivity index (χ1n) is 8.88. The van der Waals surface area contributed by atoms with E-state index in [0.29, 0.717) is 50.1 Å². The Labute approximate surface area is 153 Å². The van der Waals surface area contributed by atoms with Crippen molar-refractivity contribution in [2.24, 2.45) is 0 Å². The number of sulfonamides is 1. The zero-order valence-electron chi connectivity index (χ0n) is 15.4. The van der Waals surface area contributed by atoms with Crippen molar-refractivity contribution in [3.05, 3.63) is 23.2 Å². The maximum atomic E-state index is 12.8. The average Bonchev–Trinajstić information content (AvgIpc) is 3.20. The first-order valence-corrected chi connectivity index (χ1v) is 10.3. The molecule has 2 aromatic rings. The molecule has 0 saturated carbocycles. The molecule has 0 atom stereocenters. The van der Waals surface area contributed by atoms with Gasteiger partial charge in [-0.25, -0.2) is 8.42 Å². The number of rotatable bonds is 7. The molecule has 1 aliphatic rings. The molecule has 0 radical (unpaired) electrons. The van der Waals surface area contributed by atoms with E-state index in [0.717, 1.165) is 25.1 Å². The van der Waals surface area contributed by atoms with Crippen LogP contribution in [0.3, 0.4) is 0 Å². The third-order valence-electron chi connectivity index (χ3n) is 4.52. The van der Waals surface area contributed by atoms with Gasteiger partial charge < -0.3 is 9.05 Å². The van der Waals surface area contributed by atoms with E-state index >= 15 is 0 Å². The van der Waals surface area contributed by atoms with Gasteiger partial charge in [-0.3, -0.25) is 4.90 Å². The minimum Gasteiger partial charge on any atom is -0.360 e. The van der Waals surface area contributed by atoms with Gasteiger partial charge in [0.25, 0.3) is 0 Å². The summed E-state index contributed by atoms with van der Waals surface area (Å²) >= 11 is 0. The highest BCUT2D eigenvalue weighted by Crippen LogP contribution is 2.24. The summed E-state index contributed by atoms with van der Waals surface area (Å²) in [5.74, 6) is 1.65. The molecule has 0 bridgehead atoms. The fourth-order valence-electron chi connectivity index (χ4n) is 3.08. The molecular formula is C16H25N5O4S. The van der Waals surface area contributed by atoms with E-state index in [1.54, 1.807) is 13.8 Å². The first-order chi connectivity index (χ1) is 12.4. The van der Waals surface area contributed by atoms with E-state index < -0.39 is 10.0 Å². The second-order valence-electron chi connectivity index (χ2n) is 6.54. The molecule has 26 heavy (non-hydrogen) atoms. The van der Waals surface area contributed by atoms with Gasteiger partial charge in [0.15, 0.2) is 11.6 Å². The molecule has 1 fully saturated rings. The van der Waals surface area contributed by atoms with Crippen LogP contribution in [0.25, 0.3) is 0 Å². The number of nitrogens with zero attached hydrogens (tertiary/aromatic N) is 5. The van der Waals surface area contributed by atoms with Crippen LogP contribution in [0.5, 0.6) is 0 Å². The van der Waals surface area contributed by atoms with Crippen molar-refractivity contribution >= 4 is 10.0 Å². The van der Waals surface area contributed by atoms with Gasteiger partial charge in [-0.1, -0.05) is 23.7 Å². The second kappa shape index (κ2) is 7.85. The molecule has 1 saturated heterocycles. The van der Waals surface area contributed by atoms with Crippen LogP contribution in [0.2, 0.25) is 0 Å². The van der Waals surface area contributed by atoms with Crippen LogP contribution in [-0.2, 0) is 23.0 Å². The van der Waals surface area contributed by atoms with Crippen LogP contribution in [0.1, 0.15) is 42.9 Å². The SMILES string of the molecule is CCCCc1noc(CN2CCN(S(=O)(=O)c3c(C)noc3C)CC2)n1. The molecule has 0 spiro atoms. The minimum atomic E-state index is -3.58. The van der Waals surface area contributed by atoms with E-state index in [1.807, 2.05) is 0 Å². The van der Waals surface area contributed by atoms with Crippen LogP contribution in [0, 0.1) is 13.8 Å². The third-order valence-corrected chi connectivity index (χ3v) is 6.66. The van der Waals surface area contributed by atoms with E-state index in [2.05, 4.69) is 27.1 Å². The van der Waals surface area contributed by atoms with Crippen molar-refractivity contribution < 1.29 is 17.5 Å². The van der Waals surface area contributed by atoms with Gasteiger partial charge in [-0.2, -0.15) is 9.29 Å². The maximum Gasteiger partial charge on any atom is 0.248 e. The molecule has 9 nitrogen and oxygen atoms in total. The zero-order valence-corrected chi connectivity index (χ0v) is 16.3. The van der Waals surface area contributed by atoms with Gasteiger partial charge in [-0.15, -0.1) is 0 Å². The van der Waals surface area contributed by atoms with Crippen molar-refractivity contribution in [2.45, 2.75) is 51.5 Å². The highest BCUT2D eigenvalue weighted by atomic mass is 32.2. The molecule has 1 aliphatic heterocycles. The number of unbranched alkanes of at least 4 members (excludes halogenated alkanes) is 1. The van der Waals surface area contributed by atoms with Gasteiger partial charge >= 0.3 is 0 Å². The van der Waals surface area contributed by atoms with Crippen molar-refractivity contribution in [3.8, 4) is 0 Å². The lowest BCUT2D eigenvalue weighted by Gasteiger charge is -2.32. The number of hydrogen-bond acceptors (Lipinski definition) is 8. The van der Waals surface area contributed by atoms with Crippen LogP contribution < -0.4 is 0 Å². The quantitative estimate of drug-likeness (QED) is 0.708. The predicted molar refractivity (Wildman–Crippen MR) is 92.9 cm³/mol. The van der Waals surface area contributed by atoms with E-state index in [-0.39, 0.29) is 4.90 Å². The zero-order chi connectivity index (χ0) is 18.7. The summed E-state index contributed by atoms with van der Waals surface area (Å²) in [4.78, 5) is 6.71. The molecule has 0 aromatic carbocycles. The molecule has 0 aliphatic carbocycles. The van der Waals surface area contributed by atoms with Crippen molar-refractivity contribution in [3.63, 3.8) is 0 Å². The van der Waals surface area contributed by atoms with Gasteiger partial charge in [0.2, 0.25) is 15.9 Å². The molecule has 0 amide bonds. The Morgan fingerprint density at radius 1 is 1.08 bits per heavy atom. The lowest BCUT2D eigenvalue weighted by atomic mass is 10.2. The number of aryl methyl sites for hydroxylation is 3. The lowest BCUT2D eigenvalue weighted by molar-refractivity contribution is 0.163. The first kappa shape index (κ1) is 19.0. The number of aromatic nitrogens is 3. The molecule has 0 N–H and O–H groups in total. The fraction of sp³-hybridized carbons (Fsp3) is 0.688. The average molecular weight is 383 g/mol. The summed E-state index contributed by atoms with van der Waals surface area (Å²) < 4.78 is 37.4. The van der Waals surface area contributed by atoms with Crippen molar-refractivity contribution in [1.82, 2.24) is 24.5 Å². The van der Waals surface area contributed by atoms with E-state index in [4.69, 9.17) is 9.05 Å². The van der Waals surface area contributed by atoms with Crippen LogP contribution in [-0.4, -0.2) is 59.1 Å². The Morgan fingerprint density at radius 3 is 2.42 bits per heavy atom. The maximum absolute atomic E-state index is 12.8. The molecule has 2 aromatic heterocycles. The van der Waals surface area contributed by atoms with Gasteiger partial charge in [0.1, 0.15) is 10.6 Å². The largest absolute Gasteiger partial charge is 0.360 e. The van der Waals surface area contributed by atoms with Gasteiger partial charge in [-0.05, 0) is 20.3 Å². The second-order valence-corrected chi connectivity index (χ2v) is 8.42. The molecule has 144 valence electrons. The Morgan fingerprint density at radius 2 is 1.81 bits per heavy atom. The number of hydrogen-bond donors (Lipinski definition) is 0. The summed E-state index contributed by atoms with van der Waals surface area (Å²) in [6, 6.07) is 0. The lowest BCUT2D eigenvalue weighted by Crippen LogP contribution is -2.48. The summed E-state index contributed by atoms with van der Waals surface area (Å²) in [6.45, 7) is 7.95. The standard InChI is InChI=1S/C16H25N5O4S/c1-4-5-6-14-17-15(25-19-14)11-20-7-9-21(10-8-20)26(22,23)16-12(2)18-24-13(16)3/h4-11H2,1-3H3. The Bertz CT molecular complexity index is 817. The topological polar surface area (TPSA) is 106 Å². The molecular weight excluding hydrogens is 358 g/mol. The monoisotopic (exact) mass is 383 g/mol. The Hall–Kier alpha value is -1.78. The summed E-state index contributed by atoms with van der Waals surface area (Å²) in [6.07, 6.45) is 2.95. The van der Waals surface area contributed by atoms with Crippen LogP contribution >= 0.6 is 0 Å². The van der Waals surface area contributed by atoms with Crippen LogP contribution in [0.4, 0.5) is 0 Å². The number of piperazine rings is 1. The highest BCUT2D eigenvalue weighted by Gasteiger charge is 2.33. The Balaban J connectivity index is 1.58. The summed E-state index contributed by atoms with van der Waals surface area (Å²) in [5.41, 5.74) is 0.399. The van der Waals surface area contributed by atoms with Crippen molar-refractivity contribution in [2.75, 3.05) is 26.2 Å². The molecule has 3 rings (SSSR count). The summed E-state index contributed by atoms with van der Waals surface area (Å²) in [7, 11) is -3.58. The third kappa shape index (κ3) is 3.97. The predicted octanol–water partition coefficient (Wildman–Crippen LogP) is 1.52. The van der Waals surface area contributed by atoms with Crippen LogP contribution in [0.15, 0.2) is 13.9 Å². The van der Waals surface area contributed by atoms with Gasteiger partial charge in [0.05, 0.1) is 6.54 Å². The molecule has 10 heteroatoms. The minimum absolute atomic E-state index is 0.184. The van der Waals surface area contributed by atoms with E-state index in [9.17, 15) is 8.42 Å². The normalized spacial score (nSPS) is 17.0. The fourth-order valence-corrected chi connectivity index (χ4v) is 4.80. The van der Waals surface area contributed by atoms with E-state index in [1.165, 1.54) is 4.31 Å².